The highest BCUT2D eigenvalue weighted by atomic mass is 32.1. The van der Waals surface area contributed by atoms with E-state index in [4.69, 9.17) is 0 Å². The monoisotopic (exact) mass is 244 g/mol. The lowest BCUT2D eigenvalue weighted by atomic mass is 10.0. The van der Waals surface area contributed by atoms with Gasteiger partial charge in [0.1, 0.15) is 0 Å². The molecule has 0 aliphatic heterocycles. The molecule has 0 spiro atoms. The van der Waals surface area contributed by atoms with E-state index in [1.165, 1.54) is 11.1 Å². The van der Waals surface area contributed by atoms with Crippen molar-refractivity contribution in [2.75, 3.05) is 0 Å². The summed E-state index contributed by atoms with van der Waals surface area (Å²) >= 11 is 1.56. The van der Waals surface area contributed by atoms with Gasteiger partial charge >= 0.3 is 0 Å². The number of carbonyl (C=O) groups excluding carboxylic acids is 1. The van der Waals surface area contributed by atoms with Crippen LogP contribution in [-0.2, 0) is 12.8 Å². The predicted octanol–water partition coefficient (Wildman–Crippen LogP) is 4.04. The van der Waals surface area contributed by atoms with Gasteiger partial charge in [-0.25, -0.2) is 0 Å². The van der Waals surface area contributed by atoms with E-state index in [1.54, 1.807) is 11.3 Å². The highest BCUT2D eigenvalue weighted by molar-refractivity contribution is 7.12. The number of ketones is 1. The van der Waals surface area contributed by atoms with E-state index in [2.05, 4.69) is 26.0 Å². The molecule has 0 radical (unpaired) electrons. The lowest BCUT2D eigenvalue weighted by Gasteiger charge is -2.04. The lowest BCUT2D eigenvalue weighted by molar-refractivity contribution is 0.0996. The molecule has 0 saturated heterocycles. The van der Waals surface area contributed by atoms with Crippen LogP contribution in [0.25, 0.3) is 0 Å². The van der Waals surface area contributed by atoms with Crippen molar-refractivity contribution in [3.63, 3.8) is 0 Å². The molecule has 0 saturated carbocycles. The Hall–Kier alpha value is -1.41. The number of aryl methyl sites for hydroxylation is 2. The van der Waals surface area contributed by atoms with Crippen LogP contribution >= 0.6 is 11.3 Å². The van der Waals surface area contributed by atoms with Gasteiger partial charge in [-0.15, -0.1) is 11.3 Å². The molecule has 2 aromatic rings. The minimum absolute atomic E-state index is 0.242. The zero-order valence-corrected chi connectivity index (χ0v) is 11.0. The molecule has 2 heteroatoms. The van der Waals surface area contributed by atoms with Crippen LogP contribution in [0.4, 0.5) is 0 Å². The summed E-state index contributed by atoms with van der Waals surface area (Å²) in [7, 11) is 0. The maximum atomic E-state index is 12.2. The number of rotatable bonds is 4. The Morgan fingerprint density at radius 2 is 1.94 bits per heavy atom. The SMILES string of the molecule is CCc1ccsc1C(=O)Cc1ccccc1C. The number of hydrogen-bond acceptors (Lipinski definition) is 2. The first-order valence-electron chi connectivity index (χ1n) is 5.86. The summed E-state index contributed by atoms with van der Waals surface area (Å²) < 4.78 is 0. The number of hydrogen-bond donors (Lipinski definition) is 0. The summed E-state index contributed by atoms with van der Waals surface area (Å²) in [5.41, 5.74) is 3.50. The second-order valence-electron chi connectivity index (χ2n) is 4.15. The molecule has 1 heterocycles. The van der Waals surface area contributed by atoms with Crippen molar-refractivity contribution in [1.29, 1.82) is 0 Å². The first-order chi connectivity index (χ1) is 8.22. The Kier molecular flexibility index (Phi) is 3.75. The maximum Gasteiger partial charge on any atom is 0.177 e. The van der Waals surface area contributed by atoms with Crippen LogP contribution in [0.5, 0.6) is 0 Å². The van der Waals surface area contributed by atoms with Crippen LogP contribution < -0.4 is 0 Å². The van der Waals surface area contributed by atoms with Crippen molar-refractivity contribution in [2.24, 2.45) is 0 Å². The molecule has 1 aromatic heterocycles. The zero-order valence-electron chi connectivity index (χ0n) is 10.2. The van der Waals surface area contributed by atoms with Crippen molar-refractivity contribution in [3.8, 4) is 0 Å². The van der Waals surface area contributed by atoms with Gasteiger partial charge in [-0.3, -0.25) is 4.79 Å². The topological polar surface area (TPSA) is 17.1 Å². The van der Waals surface area contributed by atoms with Crippen LogP contribution in [0.15, 0.2) is 35.7 Å². The molecule has 0 aliphatic carbocycles. The van der Waals surface area contributed by atoms with E-state index in [0.717, 1.165) is 16.9 Å². The van der Waals surface area contributed by atoms with Gasteiger partial charge in [-0.1, -0.05) is 31.2 Å². The van der Waals surface area contributed by atoms with Gasteiger partial charge in [-0.2, -0.15) is 0 Å². The van der Waals surface area contributed by atoms with Gasteiger partial charge < -0.3 is 0 Å². The highest BCUT2D eigenvalue weighted by Gasteiger charge is 2.13. The van der Waals surface area contributed by atoms with Crippen molar-refractivity contribution in [3.05, 3.63) is 57.3 Å². The first kappa shape index (κ1) is 12.1. The molecule has 1 aromatic carbocycles. The lowest BCUT2D eigenvalue weighted by Crippen LogP contribution is -2.05. The Labute approximate surface area is 106 Å². The van der Waals surface area contributed by atoms with Gasteiger partial charge in [0, 0.05) is 6.42 Å². The molecule has 0 N–H and O–H groups in total. The van der Waals surface area contributed by atoms with E-state index < -0.39 is 0 Å². The minimum Gasteiger partial charge on any atom is -0.293 e. The van der Waals surface area contributed by atoms with Crippen LogP contribution in [-0.4, -0.2) is 5.78 Å². The third-order valence-electron chi connectivity index (χ3n) is 2.99. The largest absolute Gasteiger partial charge is 0.293 e. The summed E-state index contributed by atoms with van der Waals surface area (Å²) in [5, 5.41) is 2.00. The average molecular weight is 244 g/mol. The smallest absolute Gasteiger partial charge is 0.177 e. The molecule has 0 fully saturated rings. The first-order valence-corrected chi connectivity index (χ1v) is 6.74. The van der Waals surface area contributed by atoms with E-state index in [-0.39, 0.29) is 5.78 Å². The Morgan fingerprint density at radius 3 is 2.65 bits per heavy atom. The molecular formula is C15H16OS. The van der Waals surface area contributed by atoms with Crippen molar-refractivity contribution in [2.45, 2.75) is 26.7 Å². The summed E-state index contributed by atoms with van der Waals surface area (Å²) in [6, 6.07) is 10.1. The number of carbonyl (C=O) groups is 1. The maximum absolute atomic E-state index is 12.2. The van der Waals surface area contributed by atoms with Gasteiger partial charge in [-0.05, 0) is 41.5 Å². The summed E-state index contributed by atoms with van der Waals surface area (Å²) in [5.74, 6) is 0.242. The minimum atomic E-state index is 0.242. The molecule has 1 nitrogen and oxygen atoms in total. The second kappa shape index (κ2) is 5.28. The Balaban J connectivity index is 2.20. The van der Waals surface area contributed by atoms with Gasteiger partial charge in [0.15, 0.2) is 5.78 Å². The zero-order chi connectivity index (χ0) is 12.3. The van der Waals surface area contributed by atoms with Crippen molar-refractivity contribution in [1.82, 2.24) is 0 Å². The van der Waals surface area contributed by atoms with Crippen molar-refractivity contribution >= 4 is 17.1 Å². The summed E-state index contributed by atoms with van der Waals surface area (Å²) in [6.45, 7) is 4.14. The normalized spacial score (nSPS) is 10.5. The summed E-state index contributed by atoms with van der Waals surface area (Å²) in [4.78, 5) is 13.1. The van der Waals surface area contributed by atoms with Crippen LogP contribution in [0.3, 0.4) is 0 Å². The molecule has 0 amide bonds. The highest BCUT2D eigenvalue weighted by Crippen LogP contribution is 2.20. The van der Waals surface area contributed by atoms with Gasteiger partial charge in [0.25, 0.3) is 0 Å². The molecule has 0 bridgehead atoms. The fraction of sp³-hybridized carbons (Fsp3) is 0.267. The number of benzene rings is 1. The fourth-order valence-electron chi connectivity index (χ4n) is 1.92. The van der Waals surface area contributed by atoms with Crippen LogP contribution in [0.1, 0.15) is 33.3 Å². The summed E-state index contributed by atoms with van der Waals surface area (Å²) in [6.07, 6.45) is 1.44. The molecule has 88 valence electrons. The molecule has 2 rings (SSSR count). The van der Waals surface area contributed by atoms with E-state index in [0.29, 0.717) is 6.42 Å². The molecule has 0 atom stereocenters. The number of thiophene rings is 1. The molecule has 17 heavy (non-hydrogen) atoms. The fourth-order valence-corrected chi connectivity index (χ4v) is 2.86. The quantitative estimate of drug-likeness (QED) is 0.742. The van der Waals surface area contributed by atoms with Crippen molar-refractivity contribution < 1.29 is 4.79 Å². The number of Topliss-reactive ketones (excluding diaryl/α,β-unsaturated/α-hetero) is 1. The van der Waals surface area contributed by atoms with Gasteiger partial charge in [0.05, 0.1) is 4.88 Å². The van der Waals surface area contributed by atoms with E-state index in [1.807, 2.05) is 23.6 Å². The Bertz CT molecular complexity index is 525. The molecule has 0 aliphatic rings. The molecular weight excluding hydrogens is 228 g/mol. The third kappa shape index (κ3) is 2.64. The standard InChI is InChI=1S/C15H16OS/c1-3-12-8-9-17-15(12)14(16)10-13-7-5-4-6-11(13)2/h4-9H,3,10H2,1-2H3. The van der Waals surface area contributed by atoms with Gasteiger partial charge in [0.2, 0.25) is 0 Å². The predicted molar refractivity (Wildman–Crippen MR) is 72.9 cm³/mol. The van der Waals surface area contributed by atoms with E-state index >= 15 is 0 Å². The van der Waals surface area contributed by atoms with Crippen LogP contribution in [0, 0.1) is 6.92 Å². The second-order valence-corrected chi connectivity index (χ2v) is 5.07. The van der Waals surface area contributed by atoms with E-state index in [9.17, 15) is 4.79 Å². The molecule has 0 unspecified atom stereocenters. The van der Waals surface area contributed by atoms with Crippen LogP contribution in [0.2, 0.25) is 0 Å². The average Bonchev–Trinajstić information content (AvgIpc) is 2.80. The third-order valence-corrected chi connectivity index (χ3v) is 3.99. The Morgan fingerprint density at radius 1 is 1.18 bits per heavy atom.